The van der Waals surface area contributed by atoms with Crippen LogP contribution in [0.5, 0.6) is 0 Å². The predicted molar refractivity (Wildman–Crippen MR) is 86.2 cm³/mol. The lowest BCUT2D eigenvalue weighted by molar-refractivity contribution is 0.0830. The van der Waals surface area contributed by atoms with Gasteiger partial charge in [0.2, 0.25) is 0 Å². The van der Waals surface area contributed by atoms with Gasteiger partial charge in [-0.1, -0.05) is 34.6 Å². The van der Waals surface area contributed by atoms with E-state index in [0.717, 1.165) is 0 Å². The molecule has 2 aliphatic rings. The van der Waals surface area contributed by atoms with Crippen LogP contribution in [-0.4, -0.2) is 27.8 Å². The molecule has 2 rings (SSSR count). The summed E-state index contributed by atoms with van der Waals surface area (Å²) >= 11 is 0. The molecule has 0 aromatic rings. The van der Waals surface area contributed by atoms with Crippen molar-refractivity contribution in [2.24, 2.45) is 16.4 Å². The molecule has 1 unspecified atom stereocenters. The van der Waals surface area contributed by atoms with Crippen LogP contribution >= 0.6 is 0 Å². The summed E-state index contributed by atoms with van der Waals surface area (Å²) in [4.78, 5) is 2.45. The number of hydrogen-bond donors (Lipinski definition) is 0. The second-order valence-electron chi connectivity index (χ2n) is 8.14. The zero-order valence-electron chi connectivity index (χ0n) is 14.2. The molecule has 2 heterocycles. The molecule has 0 aliphatic carbocycles. The molecule has 0 saturated heterocycles. The van der Waals surface area contributed by atoms with E-state index in [1.807, 2.05) is 6.21 Å². The van der Waals surface area contributed by atoms with E-state index in [-0.39, 0.29) is 17.1 Å². The van der Waals surface area contributed by atoms with Crippen molar-refractivity contribution in [1.82, 2.24) is 9.91 Å². The topological polar surface area (TPSA) is 18.8 Å². The van der Waals surface area contributed by atoms with Gasteiger partial charge in [-0.15, -0.1) is 0 Å². The molecule has 0 spiro atoms. The van der Waals surface area contributed by atoms with Gasteiger partial charge in [-0.3, -0.25) is 0 Å². The first kappa shape index (κ1) is 15.1. The molecule has 1 atom stereocenters. The SMILES string of the molecule is CC(C)C1=CN(C(C)(C)C)C2C(C(C)(C)C)=CC=NN12. The van der Waals surface area contributed by atoms with E-state index in [2.05, 4.69) is 82.7 Å². The van der Waals surface area contributed by atoms with E-state index in [1.54, 1.807) is 0 Å². The van der Waals surface area contributed by atoms with Crippen molar-refractivity contribution >= 4 is 6.21 Å². The summed E-state index contributed by atoms with van der Waals surface area (Å²) in [5, 5.41) is 6.85. The summed E-state index contributed by atoms with van der Waals surface area (Å²) in [6.45, 7) is 18.1. The van der Waals surface area contributed by atoms with E-state index in [4.69, 9.17) is 0 Å². The fraction of sp³-hybridized carbons (Fsp3) is 0.706. The summed E-state index contributed by atoms with van der Waals surface area (Å²) in [5.74, 6) is 0.473. The monoisotopic (exact) mass is 275 g/mol. The lowest BCUT2D eigenvalue weighted by Gasteiger charge is -2.45. The molecule has 0 amide bonds. The highest BCUT2D eigenvalue weighted by molar-refractivity contribution is 5.74. The van der Waals surface area contributed by atoms with Gasteiger partial charge in [-0.05, 0) is 43.8 Å². The molecule has 0 bridgehead atoms. The zero-order chi connectivity index (χ0) is 15.3. The molecule has 0 N–H and O–H groups in total. The predicted octanol–water partition coefficient (Wildman–Crippen LogP) is 4.20. The van der Waals surface area contributed by atoms with Crippen LogP contribution in [-0.2, 0) is 0 Å². The lowest BCUT2D eigenvalue weighted by Crippen LogP contribution is -2.50. The molecule has 0 saturated carbocycles. The van der Waals surface area contributed by atoms with E-state index in [1.165, 1.54) is 11.3 Å². The van der Waals surface area contributed by atoms with Crippen LogP contribution in [0, 0.1) is 11.3 Å². The van der Waals surface area contributed by atoms with Crippen molar-refractivity contribution < 1.29 is 0 Å². The van der Waals surface area contributed by atoms with Crippen LogP contribution < -0.4 is 0 Å². The van der Waals surface area contributed by atoms with Gasteiger partial charge >= 0.3 is 0 Å². The molecule has 0 fully saturated rings. The average molecular weight is 275 g/mol. The Balaban J connectivity index is 2.49. The molecular formula is C17H29N3. The van der Waals surface area contributed by atoms with Crippen LogP contribution in [0.15, 0.2) is 28.6 Å². The summed E-state index contributed by atoms with van der Waals surface area (Å²) in [6, 6.07) is 0. The Morgan fingerprint density at radius 1 is 1.10 bits per heavy atom. The van der Waals surface area contributed by atoms with Gasteiger partial charge in [-0.2, -0.15) is 5.10 Å². The van der Waals surface area contributed by atoms with Crippen LogP contribution in [0.3, 0.4) is 0 Å². The number of nitrogens with zero attached hydrogens (tertiary/aromatic N) is 3. The quantitative estimate of drug-likeness (QED) is 0.714. The standard InChI is InChI=1S/C17H29N3/c1-12(2)14-11-19(17(6,7)8)15-13(16(3,4)5)9-10-18-20(14)15/h9-12,15H,1-8H3. The lowest BCUT2D eigenvalue weighted by atomic mass is 9.82. The summed E-state index contributed by atoms with van der Waals surface area (Å²) < 4.78 is 0. The maximum absolute atomic E-state index is 4.64. The Kier molecular flexibility index (Phi) is 3.52. The first-order valence-corrected chi connectivity index (χ1v) is 7.57. The molecule has 0 aromatic carbocycles. The molecule has 112 valence electrons. The van der Waals surface area contributed by atoms with Crippen molar-refractivity contribution in [1.29, 1.82) is 0 Å². The summed E-state index contributed by atoms with van der Waals surface area (Å²) in [5.41, 5.74) is 2.95. The smallest absolute Gasteiger partial charge is 0.146 e. The highest BCUT2D eigenvalue weighted by atomic mass is 15.6. The van der Waals surface area contributed by atoms with Gasteiger partial charge in [0.1, 0.15) is 6.17 Å². The van der Waals surface area contributed by atoms with Gasteiger partial charge in [0.05, 0.1) is 5.70 Å². The molecule has 0 aromatic heterocycles. The third-order valence-electron chi connectivity index (χ3n) is 3.99. The Bertz CT molecular complexity index is 469. The second kappa shape index (κ2) is 4.64. The van der Waals surface area contributed by atoms with Gasteiger partial charge < -0.3 is 4.90 Å². The fourth-order valence-electron chi connectivity index (χ4n) is 2.83. The van der Waals surface area contributed by atoms with E-state index in [9.17, 15) is 0 Å². The minimum Gasteiger partial charge on any atom is -0.346 e. The molecule has 2 aliphatic heterocycles. The molecule has 3 heteroatoms. The molecular weight excluding hydrogens is 246 g/mol. The van der Waals surface area contributed by atoms with Crippen molar-refractivity contribution in [3.8, 4) is 0 Å². The van der Waals surface area contributed by atoms with Crippen molar-refractivity contribution in [2.45, 2.75) is 67.1 Å². The number of fused-ring (bicyclic) bond motifs is 1. The van der Waals surface area contributed by atoms with Gasteiger partial charge in [0.15, 0.2) is 0 Å². The maximum Gasteiger partial charge on any atom is 0.146 e. The van der Waals surface area contributed by atoms with Gasteiger partial charge in [0.25, 0.3) is 0 Å². The number of hydrazone groups is 1. The van der Waals surface area contributed by atoms with E-state index >= 15 is 0 Å². The van der Waals surface area contributed by atoms with Gasteiger partial charge in [-0.25, -0.2) is 5.01 Å². The summed E-state index contributed by atoms with van der Waals surface area (Å²) in [6.07, 6.45) is 6.66. The number of hydrogen-bond acceptors (Lipinski definition) is 3. The number of rotatable bonds is 1. The van der Waals surface area contributed by atoms with E-state index < -0.39 is 0 Å². The van der Waals surface area contributed by atoms with E-state index in [0.29, 0.717) is 5.92 Å². The molecule has 3 nitrogen and oxygen atoms in total. The Labute approximate surface area is 124 Å². The first-order chi connectivity index (χ1) is 9.03. The molecule has 0 radical (unpaired) electrons. The largest absolute Gasteiger partial charge is 0.346 e. The third-order valence-corrected chi connectivity index (χ3v) is 3.99. The van der Waals surface area contributed by atoms with Crippen molar-refractivity contribution in [3.05, 3.63) is 23.5 Å². The van der Waals surface area contributed by atoms with Crippen LogP contribution in [0.25, 0.3) is 0 Å². The Morgan fingerprint density at radius 3 is 2.15 bits per heavy atom. The normalized spacial score (nSPS) is 23.1. The summed E-state index contributed by atoms with van der Waals surface area (Å²) in [7, 11) is 0. The van der Waals surface area contributed by atoms with Crippen molar-refractivity contribution in [2.75, 3.05) is 0 Å². The third kappa shape index (κ3) is 2.50. The maximum atomic E-state index is 4.64. The van der Waals surface area contributed by atoms with Crippen LogP contribution in [0.2, 0.25) is 0 Å². The minimum absolute atomic E-state index is 0.0801. The highest BCUT2D eigenvalue weighted by Gasteiger charge is 2.44. The highest BCUT2D eigenvalue weighted by Crippen LogP contribution is 2.42. The Hall–Kier alpha value is -1.25. The van der Waals surface area contributed by atoms with Gasteiger partial charge in [0, 0.05) is 18.0 Å². The van der Waals surface area contributed by atoms with Crippen LogP contribution in [0.4, 0.5) is 0 Å². The minimum atomic E-state index is 0.0801. The number of allylic oxidation sites excluding steroid dienone is 2. The van der Waals surface area contributed by atoms with Crippen molar-refractivity contribution in [3.63, 3.8) is 0 Å². The van der Waals surface area contributed by atoms with Crippen LogP contribution in [0.1, 0.15) is 55.4 Å². The Morgan fingerprint density at radius 2 is 1.70 bits per heavy atom. The zero-order valence-corrected chi connectivity index (χ0v) is 14.2. The second-order valence-corrected chi connectivity index (χ2v) is 8.14. The fourth-order valence-corrected chi connectivity index (χ4v) is 2.83. The first-order valence-electron chi connectivity index (χ1n) is 7.57. The average Bonchev–Trinajstić information content (AvgIpc) is 2.65. The molecule has 20 heavy (non-hydrogen) atoms.